The van der Waals surface area contributed by atoms with Gasteiger partial charge in [-0.25, -0.2) is 18.6 Å². The number of nitrogens with zero attached hydrogens (tertiary/aromatic N) is 2. The van der Waals surface area contributed by atoms with Gasteiger partial charge >= 0.3 is 5.97 Å². The highest BCUT2D eigenvalue weighted by Crippen LogP contribution is 2.37. The molecular weight excluding hydrogens is 498 g/mol. The van der Waals surface area contributed by atoms with E-state index in [1.54, 1.807) is 30.9 Å². The molecule has 3 N–H and O–H groups in total. The zero-order valence-corrected chi connectivity index (χ0v) is 21.5. The number of halogens is 2. The number of para-hydroxylation sites is 1. The Balaban J connectivity index is 2.03. The SMILES string of the molecule is CCOC(=O)c1c(-c2cc3ccccc3nc2N2CCCC(F)(F)CC2)[nH]c(C)c([C@H](OC)C(N)=O)c1=O. The summed E-state index contributed by atoms with van der Waals surface area (Å²) in [7, 11) is 1.23. The first-order chi connectivity index (χ1) is 18.1. The Morgan fingerprint density at radius 1 is 1.24 bits per heavy atom. The van der Waals surface area contributed by atoms with Gasteiger partial charge in [-0.15, -0.1) is 0 Å². The Bertz CT molecular complexity index is 1440. The fourth-order valence-electron chi connectivity index (χ4n) is 4.83. The van der Waals surface area contributed by atoms with Gasteiger partial charge in [0, 0.05) is 49.7 Å². The Hall–Kier alpha value is -3.86. The minimum Gasteiger partial charge on any atom is -0.462 e. The standard InChI is InChI=1S/C27H30F2N4O5/c1-4-38-26(36)20-21(31-15(2)19(22(20)34)23(37-3)24(30)35)17-14-16-8-5-6-9-18(16)32-25(17)33-12-7-10-27(28,29)11-13-33/h5-6,8-9,14,23H,4,7,10-13H2,1-3H3,(H2,30,35)(H,31,34)/t23-/m0/s1. The molecule has 1 saturated heterocycles. The van der Waals surface area contributed by atoms with Crippen molar-refractivity contribution in [2.24, 2.45) is 5.73 Å². The summed E-state index contributed by atoms with van der Waals surface area (Å²) in [6, 6.07) is 9.02. The number of aromatic nitrogens is 2. The molecule has 11 heteroatoms. The number of amides is 1. The lowest BCUT2D eigenvalue weighted by Gasteiger charge is -2.26. The summed E-state index contributed by atoms with van der Waals surface area (Å²) in [6.07, 6.45) is -1.75. The van der Waals surface area contributed by atoms with Gasteiger partial charge in [0.15, 0.2) is 6.10 Å². The second-order valence-electron chi connectivity index (χ2n) is 9.23. The number of hydrogen-bond donors (Lipinski definition) is 2. The van der Waals surface area contributed by atoms with Gasteiger partial charge < -0.3 is 25.1 Å². The molecule has 0 spiro atoms. The number of carbonyl (C=O) groups excluding carboxylic acids is 2. The second kappa shape index (κ2) is 10.9. The number of methoxy groups -OCH3 is 1. The molecule has 0 bridgehead atoms. The van der Waals surface area contributed by atoms with E-state index in [1.165, 1.54) is 7.11 Å². The van der Waals surface area contributed by atoms with Crippen molar-refractivity contribution in [3.8, 4) is 11.3 Å². The summed E-state index contributed by atoms with van der Waals surface area (Å²) >= 11 is 0. The third-order valence-corrected chi connectivity index (χ3v) is 6.66. The molecule has 0 unspecified atom stereocenters. The molecule has 3 heterocycles. The van der Waals surface area contributed by atoms with E-state index in [2.05, 4.69) is 4.98 Å². The number of anilines is 1. The fraction of sp³-hybridized carbons (Fsp3) is 0.407. The first-order valence-corrected chi connectivity index (χ1v) is 12.4. The topological polar surface area (TPSA) is 128 Å². The third-order valence-electron chi connectivity index (χ3n) is 6.66. The summed E-state index contributed by atoms with van der Waals surface area (Å²) in [4.78, 5) is 48.6. The summed E-state index contributed by atoms with van der Waals surface area (Å²) in [5.41, 5.74) is 5.58. The molecule has 4 rings (SSSR count). The fourth-order valence-corrected chi connectivity index (χ4v) is 4.83. The van der Waals surface area contributed by atoms with Gasteiger partial charge in [0.1, 0.15) is 11.4 Å². The Kier molecular flexibility index (Phi) is 7.77. The van der Waals surface area contributed by atoms with E-state index >= 15 is 0 Å². The molecular formula is C27H30F2N4O5. The number of hydrogen-bond acceptors (Lipinski definition) is 7. The molecule has 1 amide bonds. The molecule has 38 heavy (non-hydrogen) atoms. The average molecular weight is 529 g/mol. The molecule has 1 aliphatic heterocycles. The minimum atomic E-state index is -2.79. The van der Waals surface area contributed by atoms with Crippen molar-refractivity contribution in [3.05, 3.63) is 57.4 Å². The molecule has 9 nitrogen and oxygen atoms in total. The van der Waals surface area contributed by atoms with Crippen molar-refractivity contribution in [1.82, 2.24) is 9.97 Å². The molecule has 1 aliphatic rings. The van der Waals surface area contributed by atoms with Crippen LogP contribution in [0.2, 0.25) is 0 Å². The van der Waals surface area contributed by atoms with Crippen molar-refractivity contribution in [3.63, 3.8) is 0 Å². The van der Waals surface area contributed by atoms with Gasteiger partial charge in [0.05, 0.1) is 23.4 Å². The molecule has 0 aliphatic carbocycles. The second-order valence-corrected chi connectivity index (χ2v) is 9.23. The number of H-pyrrole nitrogens is 1. The number of rotatable bonds is 7. The lowest BCUT2D eigenvalue weighted by atomic mass is 9.97. The molecule has 2 aromatic heterocycles. The zero-order chi connectivity index (χ0) is 27.6. The maximum Gasteiger partial charge on any atom is 0.344 e. The number of benzene rings is 1. The number of alkyl halides is 2. The zero-order valence-electron chi connectivity index (χ0n) is 21.5. The number of nitrogens with one attached hydrogen (secondary N) is 1. The van der Waals surface area contributed by atoms with E-state index in [9.17, 15) is 23.2 Å². The van der Waals surface area contributed by atoms with Crippen LogP contribution in [-0.2, 0) is 14.3 Å². The summed E-state index contributed by atoms with van der Waals surface area (Å²) in [5.74, 6) is -4.25. The van der Waals surface area contributed by atoms with Crippen LogP contribution in [0.1, 0.15) is 53.9 Å². The van der Waals surface area contributed by atoms with Crippen LogP contribution >= 0.6 is 0 Å². The van der Waals surface area contributed by atoms with Crippen LogP contribution in [0.4, 0.5) is 14.6 Å². The number of nitrogens with two attached hydrogens (primary N) is 1. The van der Waals surface area contributed by atoms with Crippen LogP contribution in [0.25, 0.3) is 22.2 Å². The number of aromatic amines is 1. The van der Waals surface area contributed by atoms with Gasteiger partial charge in [-0.1, -0.05) is 18.2 Å². The molecule has 1 atom stereocenters. The van der Waals surface area contributed by atoms with Crippen LogP contribution < -0.4 is 16.1 Å². The monoisotopic (exact) mass is 528 g/mol. The predicted molar refractivity (Wildman–Crippen MR) is 138 cm³/mol. The van der Waals surface area contributed by atoms with Crippen molar-refractivity contribution in [1.29, 1.82) is 0 Å². The van der Waals surface area contributed by atoms with E-state index in [4.69, 9.17) is 20.2 Å². The van der Waals surface area contributed by atoms with Crippen LogP contribution in [-0.4, -0.2) is 54.6 Å². The van der Waals surface area contributed by atoms with Crippen molar-refractivity contribution < 1.29 is 27.8 Å². The number of esters is 1. The average Bonchev–Trinajstić information content (AvgIpc) is 3.05. The summed E-state index contributed by atoms with van der Waals surface area (Å²) < 4.78 is 38.8. The number of fused-ring (bicyclic) bond motifs is 1. The van der Waals surface area contributed by atoms with Gasteiger partial charge in [0.25, 0.3) is 5.91 Å². The van der Waals surface area contributed by atoms with Crippen molar-refractivity contribution in [2.75, 3.05) is 31.7 Å². The Morgan fingerprint density at radius 3 is 2.66 bits per heavy atom. The van der Waals surface area contributed by atoms with Crippen molar-refractivity contribution >= 4 is 28.6 Å². The first-order valence-electron chi connectivity index (χ1n) is 12.4. The highest BCUT2D eigenvalue weighted by atomic mass is 19.3. The predicted octanol–water partition coefficient (Wildman–Crippen LogP) is 3.87. The molecule has 0 radical (unpaired) electrons. The normalized spacial score (nSPS) is 16.2. The lowest BCUT2D eigenvalue weighted by molar-refractivity contribution is -0.128. The minimum absolute atomic E-state index is 0.00547. The summed E-state index contributed by atoms with van der Waals surface area (Å²) in [6.45, 7) is 3.51. The van der Waals surface area contributed by atoms with Gasteiger partial charge in [-0.05, 0) is 32.4 Å². The largest absolute Gasteiger partial charge is 0.462 e. The summed E-state index contributed by atoms with van der Waals surface area (Å²) in [5, 5.41) is 0.718. The Labute approximate surface area is 217 Å². The van der Waals surface area contributed by atoms with E-state index in [0.29, 0.717) is 23.4 Å². The molecule has 0 saturated carbocycles. The number of carbonyl (C=O) groups is 2. The maximum absolute atomic E-state index is 14.2. The van der Waals surface area contributed by atoms with Crippen LogP contribution in [0.15, 0.2) is 35.1 Å². The van der Waals surface area contributed by atoms with Crippen LogP contribution in [0.5, 0.6) is 0 Å². The number of primary amides is 1. The number of ether oxygens (including phenoxy) is 2. The molecule has 1 fully saturated rings. The number of pyridine rings is 2. The molecule has 3 aromatic rings. The van der Waals surface area contributed by atoms with E-state index in [0.717, 1.165) is 5.39 Å². The highest BCUT2D eigenvalue weighted by molar-refractivity contribution is 6.00. The quantitative estimate of drug-likeness (QED) is 0.446. The van der Waals surface area contributed by atoms with E-state index in [1.807, 2.05) is 18.2 Å². The highest BCUT2D eigenvalue weighted by Gasteiger charge is 2.34. The lowest BCUT2D eigenvalue weighted by Crippen LogP contribution is -2.33. The van der Waals surface area contributed by atoms with Crippen molar-refractivity contribution in [2.45, 2.75) is 45.1 Å². The number of aryl methyl sites for hydroxylation is 1. The molecule has 202 valence electrons. The van der Waals surface area contributed by atoms with E-state index < -0.39 is 29.3 Å². The van der Waals surface area contributed by atoms with Crippen LogP contribution in [0, 0.1) is 6.92 Å². The Morgan fingerprint density at radius 2 is 1.97 bits per heavy atom. The first kappa shape index (κ1) is 27.2. The van der Waals surface area contributed by atoms with Crippen LogP contribution in [0.3, 0.4) is 0 Å². The third kappa shape index (κ3) is 5.24. The van der Waals surface area contributed by atoms with Gasteiger partial charge in [0.2, 0.25) is 11.4 Å². The maximum atomic E-state index is 14.2. The van der Waals surface area contributed by atoms with Gasteiger partial charge in [-0.3, -0.25) is 9.59 Å². The van der Waals surface area contributed by atoms with E-state index in [-0.39, 0.29) is 54.9 Å². The molecule has 1 aromatic carbocycles. The van der Waals surface area contributed by atoms with Gasteiger partial charge in [-0.2, -0.15) is 0 Å². The smallest absolute Gasteiger partial charge is 0.344 e.